The second-order valence-corrected chi connectivity index (χ2v) is 3.41. The minimum Gasteiger partial charge on any atom is -0.341 e. The zero-order chi connectivity index (χ0) is 12.3. The number of amides is 2. The van der Waals surface area contributed by atoms with Gasteiger partial charge in [0.25, 0.3) is 0 Å². The van der Waals surface area contributed by atoms with E-state index in [9.17, 15) is 4.79 Å². The molecule has 0 saturated carbocycles. The summed E-state index contributed by atoms with van der Waals surface area (Å²) >= 11 is 0. The predicted molar refractivity (Wildman–Crippen MR) is 62.3 cm³/mol. The molecular weight excluding hydrogens is 220 g/mol. The fourth-order valence-electron chi connectivity index (χ4n) is 1.37. The molecule has 2 N–H and O–H groups in total. The molecule has 17 heavy (non-hydrogen) atoms. The first-order valence-electron chi connectivity index (χ1n) is 5.02. The number of urea groups is 1. The highest BCUT2D eigenvalue weighted by atomic mass is 16.2. The van der Waals surface area contributed by atoms with Crippen LogP contribution in [0.2, 0.25) is 0 Å². The Morgan fingerprint density at radius 3 is 2.53 bits per heavy atom. The van der Waals surface area contributed by atoms with Crippen LogP contribution in [0, 0.1) is 0 Å². The fourth-order valence-corrected chi connectivity index (χ4v) is 1.37. The molecule has 0 saturated heterocycles. The number of tetrazole rings is 1. The average Bonchev–Trinajstić information content (AvgIpc) is 2.76. The normalized spacial score (nSPS) is 10.0. The van der Waals surface area contributed by atoms with E-state index in [1.54, 1.807) is 30.9 Å². The smallest absolute Gasteiger partial charge is 0.318 e. The maximum absolute atomic E-state index is 11.1. The number of carbonyl (C=O) groups excluding carboxylic acids is 1. The summed E-state index contributed by atoms with van der Waals surface area (Å²) in [6.07, 6.45) is 0. The molecule has 0 unspecified atom stereocenters. The van der Waals surface area contributed by atoms with Gasteiger partial charge in [0.2, 0.25) is 0 Å². The molecular formula is C10H12N6O. The third-order valence-corrected chi connectivity index (χ3v) is 2.25. The molecule has 1 heterocycles. The molecule has 2 aromatic rings. The van der Waals surface area contributed by atoms with Gasteiger partial charge in [0.05, 0.1) is 0 Å². The van der Waals surface area contributed by atoms with Gasteiger partial charge in [-0.05, 0) is 34.7 Å². The number of anilines is 1. The summed E-state index contributed by atoms with van der Waals surface area (Å²) < 4.78 is 1.58. The number of benzene rings is 1. The SMILES string of the molecule is CNC(=O)Nc1ccc(-c2nnnn2C)cc1. The Labute approximate surface area is 97.8 Å². The largest absolute Gasteiger partial charge is 0.341 e. The van der Waals surface area contributed by atoms with Crippen LogP contribution in [-0.2, 0) is 7.05 Å². The number of carbonyl (C=O) groups is 1. The third kappa shape index (κ3) is 2.39. The van der Waals surface area contributed by atoms with Crippen molar-refractivity contribution in [1.29, 1.82) is 0 Å². The number of aromatic nitrogens is 4. The first-order chi connectivity index (χ1) is 8.20. The van der Waals surface area contributed by atoms with E-state index in [0.717, 1.165) is 5.56 Å². The zero-order valence-corrected chi connectivity index (χ0v) is 9.51. The van der Waals surface area contributed by atoms with Crippen LogP contribution < -0.4 is 10.6 Å². The van der Waals surface area contributed by atoms with Gasteiger partial charge in [-0.1, -0.05) is 0 Å². The van der Waals surface area contributed by atoms with Crippen LogP contribution in [0.3, 0.4) is 0 Å². The van der Waals surface area contributed by atoms with Gasteiger partial charge in [-0.25, -0.2) is 9.48 Å². The maximum atomic E-state index is 11.1. The molecule has 2 rings (SSSR count). The van der Waals surface area contributed by atoms with Crippen molar-refractivity contribution < 1.29 is 4.79 Å². The molecule has 0 bridgehead atoms. The van der Waals surface area contributed by atoms with Crippen LogP contribution >= 0.6 is 0 Å². The monoisotopic (exact) mass is 232 g/mol. The standard InChI is InChI=1S/C10H12N6O/c1-11-10(17)12-8-5-3-7(4-6-8)9-13-14-15-16(9)2/h3-6H,1-2H3,(H2,11,12,17). The molecule has 0 aliphatic rings. The van der Waals surface area contributed by atoms with E-state index in [2.05, 4.69) is 26.2 Å². The summed E-state index contributed by atoms with van der Waals surface area (Å²) in [6.45, 7) is 0. The van der Waals surface area contributed by atoms with Crippen LogP contribution in [-0.4, -0.2) is 33.3 Å². The number of hydrogen-bond donors (Lipinski definition) is 2. The Morgan fingerprint density at radius 1 is 1.29 bits per heavy atom. The lowest BCUT2D eigenvalue weighted by atomic mass is 10.2. The van der Waals surface area contributed by atoms with Crippen LogP contribution in [0.15, 0.2) is 24.3 Å². The van der Waals surface area contributed by atoms with Gasteiger partial charge < -0.3 is 10.6 Å². The molecule has 0 fully saturated rings. The average molecular weight is 232 g/mol. The minimum absolute atomic E-state index is 0.252. The molecule has 1 aromatic carbocycles. The van der Waals surface area contributed by atoms with Crippen molar-refractivity contribution in [1.82, 2.24) is 25.5 Å². The minimum atomic E-state index is -0.252. The number of nitrogens with zero attached hydrogens (tertiary/aromatic N) is 4. The zero-order valence-electron chi connectivity index (χ0n) is 9.51. The van der Waals surface area contributed by atoms with Crippen molar-refractivity contribution in [2.45, 2.75) is 0 Å². The Kier molecular flexibility index (Phi) is 2.99. The van der Waals surface area contributed by atoms with E-state index >= 15 is 0 Å². The number of hydrogen-bond acceptors (Lipinski definition) is 4. The summed E-state index contributed by atoms with van der Waals surface area (Å²) in [5.74, 6) is 0.677. The van der Waals surface area contributed by atoms with E-state index in [1.165, 1.54) is 0 Å². The summed E-state index contributed by atoms with van der Waals surface area (Å²) in [6, 6.07) is 7.02. The number of rotatable bonds is 2. The van der Waals surface area contributed by atoms with E-state index in [0.29, 0.717) is 11.5 Å². The van der Waals surface area contributed by atoms with Crippen LogP contribution in [0.1, 0.15) is 0 Å². The topological polar surface area (TPSA) is 84.7 Å². The van der Waals surface area contributed by atoms with E-state index < -0.39 is 0 Å². The lowest BCUT2D eigenvalue weighted by molar-refractivity contribution is 0.254. The van der Waals surface area contributed by atoms with Gasteiger partial charge >= 0.3 is 6.03 Å². The van der Waals surface area contributed by atoms with Gasteiger partial charge in [0, 0.05) is 25.3 Å². The lowest BCUT2D eigenvalue weighted by Crippen LogP contribution is -2.24. The van der Waals surface area contributed by atoms with Gasteiger partial charge in [-0.15, -0.1) is 5.10 Å². The highest BCUT2D eigenvalue weighted by Gasteiger charge is 2.05. The second-order valence-electron chi connectivity index (χ2n) is 3.41. The molecule has 0 radical (unpaired) electrons. The predicted octanol–water partition coefficient (Wildman–Crippen LogP) is 0.628. The Bertz CT molecular complexity index is 518. The number of nitrogens with one attached hydrogen (secondary N) is 2. The molecule has 0 atom stereocenters. The molecule has 2 amide bonds. The van der Waals surface area contributed by atoms with Crippen molar-refractivity contribution in [3.05, 3.63) is 24.3 Å². The second kappa shape index (κ2) is 4.60. The molecule has 7 heteroatoms. The molecule has 0 aliphatic carbocycles. The molecule has 0 spiro atoms. The summed E-state index contributed by atoms with van der Waals surface area (Å²) in [7, 11) is 3.33. The third-order valence-electron chi connectivity index (χ3n) is 2.25. The van der Waals surface area contributed by atoms with Gasteiger partial charge in [0.1, 0.15) is 0 Å². The molecule has 0 aliphatic heterocycles. The summed E-state index contributed by atoms with van der Waals surface area (Å²) in [4.78, 5) is 11.1. The van der Waals surface area contributed by atoms with Crippen molar-refractivity contribution in [2.24, 2.45) is 7.05 Å². The van der Waals surface area contributed by atoms with Gasteiger partial charge in [0.15, 0.2) is 5.82 Å². The van der Waals surface area contributed by atoms with Crippen molar-refractivity contribution >= 4 is 11.7 Å². The number of aryl methyl sites for hydroxylation is 1. The molecule has 7 nitrogen and oxygen atoms in total. The van der Waals surface area contributed by atoms with Crippen LogP contribution in [0.25, 0.3) is 11.4 Å². The van der Waals surface area contributed by atoms with E-state index in [-0.39, 0.29) is 6.03 Å². The Balaban J connectivity index is 2.19. The first kappa shape index (κ1) is 11.1. The van der Waals surface area contributed by atoms with Gasteiger partial charge in [-0.3, -0.25) is 0 Å². The first-order valence-corrected chi connectivity index (χ1v) is 5.02. The Hall–Kier alpha value is -2.44. The highest BCUT2D eigenvalue weighted by molar-refractivity contribution is 5.89. The van der Waals surface area contributed by atoms with E-state index in [4.69, 9.17) is 0 Å². The lowest BCUT2D eigenvalue weighted by Gasteiger charge is -2.05. The molecule has 1 aromatic heterocycles. The van der Waals surface area contributed by atoms with Crippen LogP contribution in [0.5, 0.6) is 0 Å². The van der Waals surface area contributed by atoms with E-state index in [1.807, 2.05) is 12.1 Å². The highest BCUT2D eigenvalue weighted by Crippen LogP contribution is 2.17. The molecule has 88 valence electrons. The summed E-state index contributed by atoms with van der Waals surface area (Å²) in [5.41, 5.74) is 1.60. The van der Waals surface area contributed by atoms with Crippen LogP contribution in [0.4, 0.5) is 10.5 Å². The van der Waals surface area contributed by atoms with Gasteiger partial charge in [-0.2, -0.15) is 0 Å². The van der Waals surface area contributed by atoms with Crippen molar-refractivity contribution in [3.8, 4) is 11.4 Å². The fraction of sp³-hybridized carbons (Fsp3) is 0.200. The van der Waals surface area contributed by atoms with Crippen molar-refractivity contribution in [3.63, 3.8) is 0 Å². The maximum Gasteiger partial charge on any atom is 0.318 e. The quantitative estimate of drug-likeness (QED) is 0.795. The van der Waals surface area contributed by atoms with Crippen molar-refractivity contribution in [2.75, 3.05) is 12.4 Å². The Morgan fingerprint density at radius 2 is 2.00 bits per heavy atom. The summed E-state index contributed by atoms with van der Waals surface area (Å²) in [5, 5.41) is 16.4.